The number of carbonyl (C=O) groups excluding carboxylic acids is 1. The number of piperidine rings is 1. The second kappa shape index (κ2) is 7.67. The minimum absolute atomic E-state index is 0.0349. The second-order valence-corrected chi connectivity index (χ2v) is 7.35. The molecule has 132 valence electrons. The Morgan fingerprint density at radius 1 is 1.25 bits per heavy atom. The lowest BCUT2D eigenvalue weighted by atomic mass is 10.1. The molecule has 0 spiro atoms. The molecule has 1 saturated heterocycles. The molecule has 1 amide bonds. The molecule has 0 aromatic heterocycles. The van der Waals surface area contributed by atoms with Crippen LogP contribution in [0, 0.1) is 0 Å². The molecule has 0 bridgehead atoms. The summed E-state index contributed by atoms with van der Waals surface area (Å²) in [6.07, 6.45) is 2.34. The molecule has 8 heteroatoms. The van der Waals surface area contributed by atoms with Crippen molar-refractivity contribution in [2.75, 3.05) is 27.3 Å². The molecule has 0 saturated carbocycles. The van der Waals surface area contributed by atoms with Gasteiger partial charge in [0.15, 0.2) is 11.5 Å². The van der Waals surface area contributed by atoms with Gasteiger partial charge in [0.05, 0.1) is 19.1 Å². The Kier molecular flexibility index (Phi) is 5.84. The molecule has 24 heavy (non-hydrogen) atoms. The molecule has 7 nitrogen and oxygen atoms in total. The van der Waals surface area contributed by atoms with E-state index >= 15 is 0 Å². The van der Waals surface area contributed by atoms with Gasteiger partial charge in [-0.3, -0.25) is 4.79 Å². The van der Waals surface area contributed by atoms with Crippen LogP contribution in [-0.2, 0) is 14.8 Å². The van der Waals surface area contributed by atoms with E-state index in [9.17, 15) is 13.2 Å². The molecule has 0 radical (unpaired) electrons. The number of ether oxygens (including phenoxy) is 2. The Morgan fingerprint density at radius 3 is 2.42 bits per heavy atom. The van der Waals surface area contributed by atoms with Crippen LogP contribution in [-0.4, -0.2) is 52.0 Å². The van der Waals surface area contributed by atoms with Crippen LogP contribution in [0.2, 0.25) is 0 Å². The van der Waals surface area contributed by atoms with Crippen molar-refractivity contribution >= 4 is 15.9 Å². The first-order chi connectivity index (χ1) is 11.4. The highest BCUT2D eigenvalue weighted by molar-refractivity contribution is 7.89. The summed E-state index contributed by atoms with van der Waals surface area (Å²) >= 11 is 0. The van der Waals surface area contributed by atoms with Crippen LogP contribution in [0.15, 0.2) is 35.7 Å². The van der Waals surface area contributed by atoms with Crippen molar-refractivity contribution in [1.82, 2.24) is 9.62 Å². The van der Waals surface area contributed by atoms with E-state index in [0.29, 0.717) is 37.4 Å². The summed E-state index contributed by atoms with van der Waals surface area (Å²) in [5, 5.41) is 2.80. The first kappa shape index (κ1) is 18.3. The number of nitrogens with zero attached hydrogens (tertiary/aromatic N) is 1. The van der Waals surface area contributed by atoms with Crippen molar-refractivity contribution in [2.45, 2.75) is 23.8 Å². The normalized spacial score (nSPS) is 16.4. The van der Waals surface area contributed by atoms with Gasteiger partial charge in [0.25, 0.3) is 0 Å². The molecular formula is C16H22N2O5S. The Morgan fingerprint density at radius 2 is 1.88 bits per heavy atom. The van der Waals surface area contributed by atoms with E-state index in [-0.39, 0.29) is 16.8 Å². The summed E-state index contributed by atoms with van der Waals surface area (Å²) in [7, 11) is -0.657. The van der Waals surface area contributed by atoms with E-state index in [1.807, 2.05) is 0 Å². The molecule has 2 rings (SSSR count). The maximum absolute atomic E-state index is 12.8. The first-order valence-corrected chi connectivity index (χ1v) is 9.01. The molecule has 1 aliphatic rings. The topological polar surface area (TPSA) is 84.9 Å². The van der Waals surface area contributed by atoms with Crippen molar-refractivity contribution in [3.63, 3.8) is 0 Å². The Balaban J connectivity index is 2.12. The van der Waals surface area contributed by atoms with Crippen LogP contribution in [0.1, 0.15) is 12.8 Å². The highest BCUT2D eigenvalue weighted by Gasteiger charge is 2.30. The largest absolute Gasteiger partial charge is 0.493 e. The zero-order valence-electron chi connectivity index (χ0n) is 13.8. The van der Waals surface area contributed by atoms with E-state index < -0.39 is 10.0 Å². The average molecular weight is 354 g/mol. The van der Waals surface area contributed by atoms with Gasteiger partial charge in [0.2, 0.25) is 15.9 Å². The number of carbonyl (C=O) groups is 1. The summed E-state index contributed by atoms with van der Waals surface area (Å²) in [5.74, 6) is 0.602. The summed E-state index contributed by atoms with van der Waals surface area (Å²) < 4.78 is 37.3. The molecule has 1 heterocycles. The van der Waals surface area contributed by atoms with Gasteiger partial charge < -0.3 is 14.8 Å². The monoisotopic (exact) mass is 354 g/mol. The lowest BCUT2D eigenvalue weighted by Crippen LogP contribution is -2.46. The Labute approximate surface area is 142 Å². The van der Waals surface area contributed by atoms with Gasteiger partial charge in [-0.15, -0.1) is 0 Å². The molecule has 0 aliphatic carbocycles. The van der Waals surface area contributed by atoms with Gasteiger partial charge in [0.1, 0.15) is 0 Å². The predicted octanol–water partition coefficient (Wildman–Crippen LogP) is 1.16. The minimum Gasteiger partial charge on any atom is -0.493 e. The van der Waals surface area contributed by atoms with Crippen LogP contribution in [0.3, 0.4) is 0 Å². The number of methoxy groups -OCH3 is 2. The van der Waals surface area contributed by atoms with Crippen molar-refractivity contribution in [1.29, 1.82) is 0 Å². The number of rotatable bonds is 6. The summed E-state index contributed by atoms with van der Waals surface area (Å²) in [5.41, 5.74) is 0. The van der Waals surface area contributed by atoms with E-state index in [0.717, 1.165) is 0 Å². The molecular weight excluding hydrogens is 332 g/mol. The molecule has 1 aromatic rings. The van der Waals surface area contributed by atoms with Gasteiger partial charge in [-0.2, -0.15) is 4.31 Å². The van der Waals surface area contributed by atoms with E-state index in [2.05, 4.69) is 11.9 Å². The standard InChI is InChI=1S/C16H22N2O5S/c1-4-16(19)17-12-7-9-18(10-8-12)24(20,21)13-5-6-14(22-2)15(11-13)23-3/h4-6,11-12H,1,7-10H2,2-3H3,(H,17,19). The van der Waals surface area contributed by atoms with E-state index in [1.54, 1.807) is 6.07 Å². The summed E-state index contributed by atoms with van der Waals surface area (Å²) in [6.45, 7) is 4.10. The number of sulfonamides is 1. The van der Waals surface area contributed by atoms with Gasteiger partial charge in [-0.1, -0.05) is 6.58 Å². The predicted molar refractivity (Wildman–Crippen MR) is 89.7 cm³/mol. The number of hydrogen-bond donors (Lipinski definition) is 1. The highest BCUT2D eigenvalue weighted by atomic mass is 32.2. The lowest BCUT2D eigenvalue weighted by molar-refractivity contribution is -0.117. The van der Waals surface area contributed by atoms with Crippen LogP contribution in [0.25, 0.3) is 0 Å². The van der Waals surface area contributed by atoms with Gasteiger partial charge >= 0.3 is 0 Å². The lowest BCUT2D eigenvalue weighted by Gasteiger charge is -2.31. The van der Waals surface area contributed by atoms with Crippen LogP contribution >= 0.6 is 0 Å². The first-order valence-electron chi connectivity index (χ1n) is 7.57. The molecule has 1 aromatic carbocycles. The maximum atomic E-state index is 12.8. The van der Waals surface area contributed by atoms with Crippen LogP contribution in [0.4, 0.5) is 0 Å². The molecule has 0 atom stereocenters. The third kappa shape index (κ3) is 3.88. The Hall–Kier alpha value is -2.06. The quantitative estimate of drug-likeness (QED) is 0.775. The van der Waals surface area contributed by atoms with Crippen molar-refractivity contribution in [3.05, 3.63) is 30.9 Å². The van der Waals surface area contributed by atoms with Gasteiger partial charge in [0, 0.05) is 25.2 Å². The second-order valence-electron chi connectivity index (χ2n) is 5.41. The van der Waals surface area contributed by atoms with Crippen molar-refractivity contribution in [2.24, 2.45) is 0 Å². The zero-order valence-corrected chi connectivity index (χ0v) is 14.6. The number of amides is 1. The SMILES string of the molecule is C=CC(=O)NC1CCN(S(=O)(=O)c2ccc(OC)c(OC)c2)CC1. The number of hydrogen-bond acceptors (Lipinski definition) is 5. The fourth-order valence-corrected chi connectivity index (χ4v) is 4.11. The third-order valence-electron chi connectivity index (χ3n) is 3.98. The smallest absolute Gasteiger partial charge is 0.243 e. The molecule has 1 N–H and O–H groups in total. The summed E-state index contributed by atoms with van der Waals surface area (Å²) in [4.78, 5) is 11.5. The van der Waals surface area contributed by atoms with Crippen molar-refractivity contribution in [3.8, 4) is 11.5 Å². The van der Waals surface area contributed by atoms with Crippen LogP contribution < -0.4 is 14.8 Å². The highest BCUT2D eigenvalue weighted by Crippen LogP contribution is 2.31. The van der Waals surface area contributed by atoms with Crippen LogP contribution in [0.5, 0.6) is 11.5 Å². The minimum atomic E-state index is -3.61. The fourth-order valence-electron chi connectivity index (χ4n) is 2.63. The fraction of sp³-hybridized carbons (Fsp3) is 0.438. The van der Waals surface area contributed by atoms with Gasteiger partial charge in [-0.25, -0.2) is 8.42 Å². The molecule has 0 unspecified atom stereocenters. The molecule has 1 fully saturated rings. The van der Waals surface area contributed by atoms with Crippen molar-refractivity contribution < 1.29 is 22.7 Å². The van der Waals surface area contributed by atoms with Gasteiger partial charge in [-0.05, 0) is 31.1 Å². The maximum Gasteiger partial charge on any atom is 0.243 e. The average Bonchev–Trinajstić information content (AvgIpc) is 2.61. The number of nitrogens with one attached hydrogen (secondary N) is 1. The molecule has 1 aliphatic heterocycles. The van der Waals surface area contributed by atoms with E-state index in [1.165, 1.54) is 36.7 Å². The number of benzene rings is 1. The summed E-state index contributed by atoms with van der Waals surface area (Å²) in [6, 6.07) is 4.50. The third-order valence-corrected chi connectivity index (χ3v) is 5.87. The Bertz CT molecular complexity index is 709. The zero-order chi connectivity index (χ0) is 17.7. The van der Waals surface area contributed by atoms with E-state index in [4.69, 9.17) is 9.47 Å².